The summed E-state index contributed by atoms with van der Waals surface area (Å²) in [6, 6.07) is 0. The monoisotopic (exact) mass is 509 g/mol. The van der Waals surface area contributed by atoms with E-state index in [2.05, 4.69) is 0 Å². The van der Waals surface area contributed by atoms with Crippen LogP contribution in [0.1, 0.15) is 0 Å². The normalized spacial score (nSPS) is 23.4. The Balaban J connectivity index is 0.00000441. The maximum Gasteiger partial charge on any atom is 2.00 e. The zero-order chi connectivity index (χ0) is 16.5. The number of carbonyl (C=O) groups excluding carboxylic acids is 2. The van der Waals surface area contributed by atoms with Gasteiger partial charge in [0.2, 0.25) is 0 Å². The molecule has 0 aromatic rings. The van der Waals surface area contributed by atoms with Crippen LogP contribution in [0, 0.1) is 36.3 Å². The Morgan fingerprint density at radius 1 is 1.05 bits per heavy atom. The largest absolute Gasteiger partial charge is 2.00 e. The van der Waals surface area contributed by atoms with Gasteiger partial charge < -0.3 is 19.8 Å². The summed E-state index contributed by atoms with van der Waals surface area (Å²) in [5, 5.41) is 54.2. The molecule has 0 bridgehead atoms. The van der Waals surface area contributed by atoms with Gasteiger partial charge in [-0.05, 0) is 0 Å². The maximum atomic E-state index is 11.0. The van der Waals surface area contributed by atoms with E-state index in [1.54, 1.807) is 0 Å². The molecular formula is C8H3N3O10Pb. The molecule has 0 aromatic carbocycles. The molecule has 0 heterocycles. The summed E-state index contributed by atoms with van der Waals surface area (Å²) in [7, 11) is 0. The van der Waals surface area contributed by atoms with Crippen LogP contribution in [0.5, 0.6) is 0 Å². The van der Waals surface area contributed by atoms with Crippen LogP contribution in [-0.2, 0) is 9.59 Å². The first-order chi connectivity index (χ1) is 9.55. The van der Waals surface area contributed by atoms with Crippen LogP contribution >= 0.6 is 0 Å². The van der Waals surface area contributed by atoms with Gasteiger partial charge in [0.25, 0.3) is 11.4 Å². The van der Waals surface area contributed by atoms with Gasteiger partial charge in [-0.3, -0.25) is 30.3 Å². The van der Waals surface area contributed by atoms with Crippen molar-refractivity contribution in [2.75, 3.05) is 0 Å². The molecule has 0 saturated heterocycles. The molecule has 1 aliphatic carbocycles. The van der Waals surface area contributed by atoms with Gasteiger partial charge in [0, 0.05) is 4.92 Å². The molecule has 0 aliphatic heterocycles. The van der Waals surface area contributed by atoms with Crippen molar-refractivity contribution in [1.29, 1.82) is 0 Å². The minimum absolute atomic E-state index is 0. The zero-order valence-electron chi connectivity index (χ0n) is 10.2. The first-order valence-corrected chi connectivity index (χ1v) is 4.85. The molecule has 0 N–H and O–H groups in total. The summed E-state index contributed by atoms with van der Waals surface area (Å²) in [5.41, 5.74) is -6.61. The molecule has 2 unspecified atom stereocenters. The minimum atomic E-state index is -3.72. The van der Waals surface area contributed by atoms with E-state index in [1.165, 1.54) is 0 Å². The van der Waals surface area contributed by atoms with Gasteiger partial charge in [0.05, 0.1) is 28.0 Å². The van der Waals surface area contributed by atoms with Crippen LogP contribution in [0.4, 0.5) is 0 Å². The number of hydrogen-bond acceptors (Lipinski definition) is 10. The van der Waals surface area contributed by atoms with Crippen molar-refractivity contribution in [2.45, 2.75) is 5.54 Å². The molecule has 2 radical (unpaired) electrons. The van der Waals surface area contributed by atoms with E-state index in [4.69, 9.17) is 0 Å². The van der Waals surface area contributed by atoms with E-state index in [0.29, 0.717) is 0 Å². The Morgan fingerprint density at radius 3 is 1.82 bits per heavy atom. The van der Waals surface area contributed by atoms with E-state index < -0.39 is 49.6 Å². The number of aliphatic carboxylic acids is 2. The number of carboxylic acids is 2. The summed E-state index contributed by atoms with van der Waals surface area (Å²) in [6.45, 7) is 0. The van der Waals surface area contributed by atoms with Crippen LogP contribution in [0.15, 0.2) is 23.5 Å². The van der Waals surface area contributed by atoms with Crippen molar-refractivity contribution in [2.24, 2.45) is 5.92 Å². The predicted molar refractivity (Wildman–Crippen MR) is 59.1 cm³/mol. The van der Waals surface area contributed by atoms with Gasteiger partial charge in [-0.15, -0.1) is 0 Å². The molecule has 1 rings (SSSR count). The van der Waals surface area contributed by atoms with Gasteiger partial charge in [-0.2, -0.15) is 0 Å². The van der Waals surface area contributed by atoms with Crippen molar-refractivity contribution in [3.05, 3.63) is 53.9 Å². The molecule has 14 heteroatoms. The van der Waals surface area contributed by atoms with E-state index in [-0.39, 0.29) is 39.5 Å². The average molecular weight is 508 g/mol. The van der Waals surface area contributed by atoms with E-state index in [1.807, 2.05) is 0 Å². The molecule has 0 amide bonds. The van der Waals surface area contributed by atoms with Gasteiger partial charge in [-0.25, -0.2) is 0 Å². The second-order valence-electron chi connectivity index (χ2n) is 3.77. The number of nitro groups is 3. The Morgan fingerprint density at radius 2 is 1.55 bits per heavy atom. The zero-order valence-corrected chi connectivity index (χ0v) is 14.0. The number of nitrogens with zero attached hydrogens (tertiary/aromatic N) is 3. The molecule has 114 valence electrons. The number of allylic oxidation sites excluding steroid dienone is 1. The third kappa shape index (κ3) is 2.92. The summed E-state index contributed by atoms with van der Waals surface area (Å²) in [6.07, 6.45) is -0.0129. The van der Waals surface area contributed by atoms with E-state index in [9.17, 15) is 50.1 Å². The minimum Gasteiger partial charge on any atom is -0.549 e. The van der Waals surface area contributed by atoms with Crippen LogP contribution in [0.2, 0.25) is 0 Å². The second kappa shape index (κ2) is 6.54. The quantitative estimate of drug-likeness (QED) is 0.200. The molecule has 2 atom stereocenters. The smallest absolute Gasteiger partial charge is 0.549 e. The molecule has 0 spiro atoms. The Labute approximate surface area is 139 Å². The van der Waals surface area contributed by atoms with Gasteiger partial charge >= 0.3 is 32.8 Å². The van der Waals surface area contributed by atoms with E-state index in [0.717, 1.165) is 0 Å². The molecule has 0 fully saturated rings. The third-order valence-corrected chi connectivity index (χ3v) is 2.69. The molecule has 1 aliphatic rings. The topological polar surface area (TPSA) is 210 Å². The van der Waals surface area contributed by atoms with E-state index >= 15 is 0 Å². The van der Waals surface area contributed by atoms with Crippen LogP contribution < -0.4 is 10.2 Å². The molecule has 22 heavy (non-hydrogen) atoms. The number of carboxylic acid groups (broad SMARTS) is 2. The number of rotatable bonds is 5. The van der Waals surface area contributed by atoms with Gasteiger partial charge in [-0.1, -0.05) is 0 Å². The fraction of sp³-hybridized carbons (Fsp3) is 0.250. The summed E-state index contributed by atoms with van der Waals surface area (Å²) < 4.78 is 0. The fourth-order valence-corrected chi connectivity index (χ4v) is 1.78. The van der Waals surface area contributed by atoms with Crippen molar-refractivity contribution in [3.8, 4) is 0 Å². The van der Waals surface area contributed by atoms with Crippen molar-refractivity contribution >= 4 is 39.2 Å². The standard InChI is InChI=1S/C8H5N3O10.Pb/c12-6(13)5-4(10(18)19)1-3(9(16)17)2-8(5,7(14)15)11(20)21;/h1-2,5H,(H,12,13)(H,14,15);/q;+2/p-2. The first-order valence-electron chi connectivity index (χ1n) is 4.85. The molecular weight excluding hydrogens is 505 g/mol. The van der Waals surface area contributed by atoms with Crippen molar-refractivity contribution in [3.63, 3.8) is 0 Å². The van der Waals surface area contributed by atoms with Crippen LogP contribution in [-0.4, -0.2) is 59.5 Å². The fourth-order valence-electron chi connectivity index (χ4n) is 1.78. The summed E-state index contributed by atoms with van der Waals surface area (Å²) >= 11 is 0. The average Bonchev–Trinajstić information content (AvgIpc) is 2.35. The molecule has 13 nitrogen and oxygen atoms in total. The van der Waals surface area contributed by atoms with Gasteiger partial charge in [0.15, 0.2) is 5.92 Å². The van der Waals surface area contributed by atoms with Gasteiger partial charge in [0.1, 0.15) is 5.97 Å². The summed E-state index contributed by atoms with van der Waals surface area (Å²) in [5.74, 6) is -8.01. The maximum absolute atomic E-state index is 11.0. The summed E-state index contributed by atoms with van der Waals surface area (Å²) in [4.78, 5) is 49.7. The van der Waals surface area contributed by atoms with Crippen LogP contribution in [0.25, 0.3) is 0 Å². The van der Waals surface area contributed by atoms with Crippen LogP contribution in [0.3, 0.4) is 0 Å². The number of carbonyl (C=O) groups is 2. The Hall–Kier alpha value is -2.46. The molecule has 0 saturated carbocycles. The van der Waals surface area contributed by atoms with Crippen molar-refractivity contribution in [1.82, 2.24) is 0 Å². The van der Waals surface area contributed by atoms with Crippen molar-refractivity contribution < 1.29 is 34.6 Å². The molecule has 0 aromatic heterocycles. The SMILES string of the molecule is O=C([O-])C1C([N+](=O)[O-])=CC([N+](=O)[O-])=CC1(C(=O)[O-])[N+](=O)[O-].[Pb+2]. The second-order valence-corrected chi connectivity index (χ2v) is 3.77. The third-order valence-electron chi connectivity index (χ3n) is 2.69. The first kappa shape index (κ1) is 19.5. The number of hydrogen-bond donors (Lipinski definition) is 0. The Bertz CT molecular complexity index is 624. The predicted octanol–water partition coefficient (Wildman–Crippen LogP) is -3.93. The Kier molecular flexibility index (Phi) is 5.81.